The average Bonchev–Trinajstić information content (AvgIpc) is 2.45. The summed E-state index contributed by atoms with van der Waals surface area (Å²) in [4.78, 5) is 2.06. The van der Waals surface area contributed by atoms with Gasteiger partial charge in [0.25, 0.3) is 0 Å². The summed E-state index contributed by atoms with van der Waals surface area (Å²) in [5, 5.41) is 9.35. The van der Waals surface area contributed by atoms with Crippen molar-refractivity contribution in [2.75, 3.05) is 18.0 Å². The summed E-state index contributed by atoms with van der Waals surface area (Å²) >= 11 is 0. The largest absolute Gasteiger partial charge is 0.513 e. The monoisotopic (exact) mass is 319 g/mol. The number of alkyl halides is 3. The van der Waals surface area contributed by atoms with Crippen molar-refractivity contribution in [3.63, 3.8) is 0 Å². The van der Waals surface area contributed by atoms with Gasteiger partial charge >= 0.3 is 6.18 Å². The Morgan fingerprint density at radius 1 is 1.04 bits per heavy atom. The van der Waals surface area contributed by atoms with Crippen molar-refractivity contribution in [3.8, 4) is 11.1 Å². The molecule has 5 heteroatoms. The van der Waals surface area contributed by atoms with Crippen LogP contribution < -0.4 is 4.90 Å². The first-order valence-electron chi connectivity index (χ1n) is 7.25. The highest BCUT2D eigenvalue weighted by Crippen LogP contribution is 2.34. The van der Waals surface area contributed by atoms with Crippen LogP contribution in [-0.4, -0.2) is 18.2 Å². The lowest BCUT2D eigenvalue weighted by molar-refractivity contribution is -0.137. The Morgan fingerprint density at radius 2 is 1.65 bits per heavy atom. The normalized spacial score (nSPS) is 15.3. The zero-order valence-electron chi connectivity index (χ0n) is 12.3. The second-order valence-corrected chi connectivity index (χ2v) is 5.72. The summed E-state index contributed by atoms with van der Waals surface area (Å²) in [7, 11) is 0. The van der Waals surface area contributed by atoms with E-state index in [-0.39, 0.29) is 11.7 Å². The van der Waals surface area contributed by atoms with Crippen molar-refractivity contribution < 1.29 is 18.3 Å². The minimum atomic E-state index is -4.35. The number of aliphatic hydroxyl groups is 1. The molecule has 2 nitrogen and oxygen atoms in total. The van der Waals surface area contributed by atoms with Crippen LogP contribution in [0.25, 0.3) is 11.1 Å². The quantitative estimate of drug-likeness (QED) is 0.815. The lowest BCUT2D eigenvalue weighted by Crippen LogP contribution is -2.47. The number of anilines is 1. The molecular formula is C18H16F3NO. The van der Waals surface area contributed by atoms with E-state index in [4.69, 9.17) is 0 Å². The molecule has 1 N–H and O–H groups in total. The van der Waals surface area contributed by atoms with Gasteiger partial charge in [-0.2, -0.15) is 13.2 Å². The predicted molar refractivity (Wildman–Crippen MR) is 84.4 cm³/mol. The third-order valence-electron chi connectivity index (χ3n) is 4.09. The summed E-state index contributed by atoms with van der Waals surface area (Å²) in [5.74, 6) is 0.238. The maximum atomic E-state index is 12.8. The molecule has 0 amide bonds. The fourth-order valence-corrected chi connectivity index (χ4v) is 2.66. The molecule has 0 aliphatic carbocycles. The van der Waals surface area contributed by atoms with Crippen LogP contribution >= 0.6 is 0 Å². The molecule has 1 aliphatic heterocycles. The van der Waals surface area contributed by atoms with Crippen molar-refractivity contribution in [2.24, 2.45) is 5.92 Å². The van der Waals surface area contributed by atoms with Gasteiger partial charge in [0.15, 0.2) is 0 Å². The molecule has 0 bridgehead atoms. The Morgan fingerprint density at radius 3 is 2.26 bits per heavy atom. The highest BCUT2D eigenvalue weighted by Gasteiger charge is 2.31. The van der Waals surface area contributed by atoms with Crippen molar-refractivity contribution in [1.29, 1.82) is 0 Å². The van der Waals surface area contributed by atoms with Crippen molar-refractivity contribution in [2.45, 2.75) is 6.18 Å². The second-order valence-electron chi connectivity index (χ2n) is 5.72. The molecule has 1 saturated heterocycles. The smallest absolute Gasteiger partial charge is 0.416 e. The molecule has 0 atom stereocenters. The molecule has 23 heavy (non-hydrogen) atoms. The average molecular weight is 319 g/mol. The summed E-state index contributed by atoms with van der Waals surface area (Å²) in [6.45, 7) is 4.86. The summed E-state index contributed by atoms with van der Waals surface area (Å²) in [6.07, 6.45) is -4.35. The minimum Gasteiger partial charge on any atom is -0.513 e. The number of hydrogen-bond acceptors (Lipinski definition) is 2. The first kappa shape index (κ1) is 15.5. The Hall–Kier alpha value is -2.43. The fraction of sp³-hybridized carbons (Fsp3) is 0.222. The van der Waals surface area contributed by atoms with E-state index in [0.29, 0.717) is 18.7 Å². The predicted octanol–water partition coefficient (Wildman–Crippen LogP) is 4.88. The van der Waals surface area contributed by atoms with Gasteiger partial charge in [-0.15, -0.1) is 0 Å². The van der Waals surface area contributed by atoms with Crippen LogP contribution in [0.4, 0.5) is 18.9 Å². The van der Waals surface area contributed by atoms with Crippen molar-refractivity contribution in [3.05, 3.63) is 66.4 Å². The van der Waals surface area contributed by atoms with Gasteiger partial charge in [0.1, 0.15) is 0 Å². The SMILES string of the molecule is C=C(O)C1CN(c2cccc(-c3cccc(C(F)(F)F)c3)c2)C1. The van der Waals surface area contributed by atoms with Gasteiger partial charge in [0.2, 0.25) is 0 Å². The topological polar surface area (TPSA) is 23.5 Å². The van der Waals surface area contributed by atoms with Crippen LogP contribution in [0.3, 0.4) is 0 Å². The third kappa shape index (κ3) is 3.18. The highest BCUT2D eigenvalue weighted by atomic mass is 19.4. The van der Waals surface area contributed by atoms with Crippen molar-refractivity contribution >= 4 is 5.69 Å². The maximum Gasteiger partial charge on any atom is 0.416 e. The molecule has 0 aromatic heterocycles. The molecule has 0 unspecified atom stereocenters. The molecule has 120 valence electrons. The maximum absolute atomic E-state index is 12.8. The zero-order valence-corrected chi connectivity index (χ0v) is 12.3. The van der Waals surface area contributed by atoms with Crippen LogP contribution in [0.2, 0.25) is 0 Å². The summed E-state index contributed by atoms with van der Waals surface area (Å²) in [5.41, 5.74) is 1.55. The number of benzene rings is 2. The molecule has 2 aromatic rings. The van der Waals surface area contributed by atoms with E-state index in [1.807, 2.05) is 18.2 Å². The van der Waals surface area contributed by atoms with Crippen LogP contribution in [0.5, 0.6) is 0 Å². The van der Waals surface area contributed by atoms with E-state index < -0.39 is 11.7 Å². The van der Waals surface area contributed by atoms with Crippen LogP contribution in [0, 0.1) is 5.92 Å². The molecule has 0 radical (unpaired) electrons. The van der Waals surface area contributed by atoms with Gasteiger partial charge in [-0.05, 0) is 35.4 Å². The number of halogens is 3. The molecule has 2 aromatic carbocycles. The lowest BCUT2D eigenvalue weighted by Gasteiger charge is -2.40. The van der Waals surface area contributed by atoms with E-state index in [2.05, 4.69) is 11.5 Å². The van der Waals surface area contributed by atoms with Crippen LogP contribution in [-0.2, 0) is 6.18 Å². The number of nitrogens with zero attached hydrogens (tertiary/aromatic N) is 1. The Kier molecular flexibility index (Phi) is 3.80. The number of aliphatic hydroxyl groups excluding tert-OH is 1. The standard InChI is InChI=1S/C18H16F3NO/c1-12(23)15-10-22(11-15)17-7-3-5-14(9-17)13-4-2-6-16(8-13)18(19,20)21/h2-9,15,23H,1,10-11H2. The van der Waals surface area contributed by atoms with E-state index in [0.717, 1.165) is 23.4 Å². The molecule has 0 spiro atoms. The van der Waals surface area contributed by atoms with E-state index >= 15 is 0 Å². The third-order valence-corrected chi connectivity index (χ3v) is 4.09. The van der Waals surface area contributed by atoms with Gasteiger partial charge in [0.05, 0.1) is 17.2 Å². The van der Waals surface area contributed by atoms with Crippen LogP contribution in [0.1, 0.15) is 5.56 Å². The Bertz CT molecular complexity index is 733. The van der Waals surface area contributed by atoms with Crippen LogP contribution in [0.15, 0.2) is 60.9 Å². The molecule has 1 aliphatic rings. The van der Waals surface area contributed by atoms with Crippen molar-refractivity contribution in [1.82, 2.24) is 0 Å². The van der Waals surface area contributed by atoms with Gasteiger partial charge < -0.3 is 10.0 Å². The highest BCUT2D eigenvalue weighted by molar-refractivity contribution is 5.69. The summed E-state index contributed by atoms with van der Waals surface area (Å²) < 4.78 is 38.5. The van der Waals surface area contributed by atoms with E-state index in [1.165, 1.54) is 6.07 Å². The molecular weight excluding hydrogens is 303 g/mol. The first-order chi connectivity index (χ1) is 10.8. The van der Waals surface area contributed by atoms with Gasteiger partial charge in [-0.25, -0.2) is 0 Å². The fourth-order valence-electron chi connectivity index (χ4n) is 2.66. The first-order valence-corrected chi connectivity index (χ1v) is 7.25. The number of hydrogen-bond donors (Lipinski definition) is 1. The minimum absolute atomic E-state index is 0.0622. The zero-order chi connectivity index (χ0) is 16.6. The van der Waals surface area contributed by atoms with E-state index in [9.17, 15) is 18.3 Å². The van der Waals surface area contributed by atoms with Gasteiger partial charge in [-0.1, -0.05) is 30.8 Å². The molecule has 1 fully saturated rings. The molecule has 0 saturated carbocycles. The molecule has 3 rings (SSSR count). The number of rotatable bonds is 3. The van der Waals surface area contributed by atoms with Gasteiger partial charge in [0, 0.05) is 18.8 Å². The summed E-state index contributed by atoms with van der Waals surface area (Å²) in [6, 6.07) is 12.7. The Labute approximate surface area is 132 Å². The molecule has 1 heterocycles. The second kappa shape index (κ2) is 5.65. The lowest BCUT2D eigenvalue weighted by atomic mass is 9.96. The van der Waals surface area contributed by atoms with Gasteiger partial charge in [-0.3, -0.25) is 0 Å². The Balaban J connectivity index is 1.85. The van der Waals surface area contributed by atoms with E-state index in [1.54, 1.807) is 12.1 Å².